The highest BCUT2D eigenvalue weighted by Crippen LogP contribution is 2.01. The summed E-state index contributed by atoms with van der Waals surface area (Å²) in [5.41, 5.74) is 2.18. The number of nitriles is 1. The van der Waals surface area contributed by atoms with Gasteiger partial charge in [-0.05, 0) is 0 Å². The number of nitrogens with one attached hydrogen (secondary N) is 2. The molecule has 1 saturated heterocycles. The molecule has 1 aliphatic rings. The second-order valence-electron chi connectivity index (χ2n) is 3.92. The molecule has 8 nitrogen and oxygen atoms in total. The Morgan fingerprint density at radius 2 is 2.15 bits per heavy atom. The maximum Gasteiger partial charge on any atom is 0.268 e. The first-order valence-electron chi connectivity index (χ1n) is 6.22. The van der Waals surface area contributed by atoms with Gasteiger partial charge in [0, 0.05) is 25.7 Å². The van der Waals surface area contributed by atoms with E-state index >= 15 is 0 Å². The molecule has 0 aromatic carbocycles. The Morgan fingerprint density at radius 3 is 2.75 bits per heavy atom. The number of morpholine rings is 1. The zero-order valence-corrected chi connectivity index (χ0v) is 11.3. The summed E-state index contributed by atoms with van der Waals surface area (Å²) in [7, 11) is 0. The number of hydrazone groups is 1. The molecule has 0 aromatic heterocycles. The van der Waals surface area contributed by atoms with Crippen LogP contribution in [0.3, 0.4) is 0 Å². The van der Waals surface area contributed by atoms with Crippen LogP contribution in [0.15, 0.2) is 16.9 Å². The molecule has 0 radical (unpaired) electrons. The molecule has 2 N–H and O–H groups in total. The third kappa shape index (κ3) is 5.49. The lowest BCUT2D eigenvalue weighted by Crippen LogP contribution is -2.34. The van der Waals surface area contributed by atoms with Crippen LogP contribution in [0, 0.1) is 11.3 Å². The van der Waals surface area contributed by atoms with E-state index in [1.807, 2.05) is 11.0 Å². The second kappa shape index (κ2) is 8.66. The molecule has 1 fully saturated rings. The van der Waals surface area contributed by atoms with Crippen molar-refractivity contribution in [2.75, 3.05) is 26.3 Å². The van der Waals surface area contributed by atoms with Gasteiger partial charge >= 0.3 is 0 Å². The van der Waals surface area contributed by atoms with Crippen molar-refractivity contribution in [1.82, 2.24) is 15.6 Å². The van der Waals surface area contributed by atoms with Crippen molar-refractivity contribution in [3.8, 4) is 6.07 Å². The lowest BCUT2D eigenvalue weighted by molar-refractivity contribution is -0.121. The fraction of sp³-hybridized carbons (Fsp3) is 0.500. The standard InChI is InChI=1S/C12H17N5O3/c1-2-11(18)16-15-9-14-12(19)10(7-13)8-17-3-5-20-6-4-17/h8-9H,2-6H2,1H3,(H,16,18)(H,14,15,19). The van der Waals surface area contributed by atoms with Gasteiger partial charge < -0.3 is 15.0 Å². The third-order valence-electron chi connectivity index (χ3n) is 2.49. The molecular weight excluding hydrogens is 262 g/mol. The highest BCUT2D eigenvalue weighted by molar-refractivity contribution is 6.02. The van der Waals surface area contributed by atoms with Crippen LogP contribution in [0.4, 0.5) is 0 Å². The molecule has 20 heavy (non-hydrogen) atoms. The normalized spacial score (nSPS) is 15.8. The molecule has 2 amide bonds. The summed E-state index contributed by atoms with van der Waals surface area (Å²) in [6.07, 6.45) is 2.84. The van der Waals surface area contributed by atoms with E-state index in [1.54, 1.807) is 6.92 Å². The monoisotopic (exact) mass is 279 g/mol. The van der Waals surface area contributed by atoms with E-state index in [1.165, 1.54) is 6.20 Å². The van der Waals surface area contributed by atoms with Crippen molar-refractivity contribution >= 4 is 18.2 Å². The Hall–Kier alpha value is -2.40. The van der Waals surface area contributed by atoms with Crippen LogP contribution < -0.4 is 10.7 Å². The van der Waals surface area contributed by atoms with E-state index in [0.29, 0.717) is 32.7 Å². The number of carbonyl (C=O) groups is 2. The van der Waals surface area contributed by atoms with E-state index < -0.39 is 5.91 Å². The van der Waals surface area contributed by atoms with Gasteiger partial charge in [-0.3, -0.25) is 9.59 Å². The summed E-state index contributed by atoms with van der Waals surface area (Å²) < 4.78 is 5.17. The predicted molar refractivity (Wildman–Crippen MR) is 71.2 cm³/mol. The van der Waals surface area contributed by atoms with Crippen LogP contribution in [0.5, 0.6) is 0 Å². The van der Waals surface area contributed by atoms with Gasteiger partial charge in [-0.25, -0.2) is 5.43 Å². The van der Waals surface area contributed by atoms with Gasteiger partial charge in [0.1, 0.15) is 18.0 Å². The first-order valence-corrected chi connectivity index (χ1v) is 6.22. The van der Waals surface area contributed by atoms with Gasteiger partial charge in [0.05, 0.1) is 13.2 Å². The zero-order valence-electron chi connectivity index (χ0n) is 11.3. The molecule has 0 saturated carbocycles. The molecular formula is C12H17N5O3. The Labute approximate surface area is 117 Å². The summed E-state index contributed by atoms with van der Waals surface area (Å²) in [6, 6.07) is 1.83. The maximum absolute atomic E-state index is 11.7. The van der Waals surface area contributed by atoms with Crippen LogP contribution in [0.1, 0.15) is 13.3 Å². The van der Waals surface area contributed by atoms with Gasteiger partial charge in [-0.15, -0.1) is 0 Å². The van der Waals surface area contributed by atoms with Crippen LogP contribution in [0.2, 0.25) is 0 Å². The average Bonchev–Trinajstić information content (AvgIpc) is 2.49. The minimum atomic E-state index is -0.575. The summed E-state index contributed by atoms with van der Waals surface area (Å²) in [5.74, 6) is -0.839. The average molecular weight is 279 g/mol. The summed E-state index contributed by atoms with van der Waals surface area (Å²) in [5, 5.41) is 14.8. The van der Waals surface area contributed by atoms with Gasteiger partial charge in [0.25, 0.3) is 5.91 Å². The fourth-order valence-electron chi connectivity index (χ4n) is 1.38. The molecule has 0 unspecified atom stereocenters. The van der Waals surface area contributed by atoms with Crippen molar-refractivity contribution in [2.45, 2.75) is 13.3 Å². The second-order valence-corrected chi connectivity index (χ2v) is 3.92. The Morgan fingerprint density at radius 1 is 1.45 bits per heavy atom. The predicted octanol–water partition coefficient (Wildman–Crippen LogP) is -0.688. The topological polar surface area (TPSA) is 107 Å². The summed E-state index contributed by atoms with van der Waals surface area (Å²) >= 11 is 0. The number of amides is 2. The van der Waals surface area contributed by atoms with Gasteiger partial charge in [0.2, 0.25) is 5.91 Å². The molecule has 1 aliphatic heterocycles. The molecule has 8 heteroatoms. The highest BCUT2D eigenvalue weighted by Gasteiger charge is 2.12. The SMILES string of the molecule is CCC(=O)NN=CNC(=O)C(C#N)=CN1CCOCC1. The molecule has 108 valence electrons. The molecule has 0 atom stereocenters. The van der Waals surface area contributed by atoms with Crippen LogP contribution >= 0.6 is 0 Å². The van der Waals surface area contributed by atoms with Crippen molar-refractivity contribution in [3.63, 3.8) is 0 Å². The highest BCUT2D eigenvalue weighted by atomic mass is 16.5. The van der Waals surface area contributed by atoms with Gasteiger partial charge in [0.15, 0.2) is 0 Å². The van der Waals surface area contributed by atoms with E-state index in [4.69, 9.17) is 10.00 Å². The fourth-order valence-corrected chi connectivity index (χ4v) is 1.38. The van der Waals surface area contributed by atoms with Crippen molar-refractivity contribution in [2.24, 2.45) is 5.10 Å². The molecule has 0 aliphatic carbocycles. The lowest BCUT2D eigenvalue weighted by Gasteiger charge is -2.25. The van der Waals surface area contributed by atoms with Gasteiger partial charge in [-0.1, -0.05) is 6.92 Å². The molecule has 0 aromatic rings. The van der Waals surface area contributed by atoms with E-state index in [0.717, 1.165) is 6.34 Å². The quantitative estimate of drug-likeness (QED) is 0.228. The Balaban J connectivity index is 2.48. The maximum atomic E-state index is 11.7. The van der Waals surface area contributed by atoms with E-state index in [-0.39, 0.29) is 11.5 Å². The number of carbonyl (C=O) groups excluding carboxylic acids is 2. The first-order chi connectivity index (χ1) is 9.67. The van der Waals surface area contributed by atoms with Crippen LogP contribution in [-0.2, 0) is 14.3 Å². The number of hydrogen-bond donors (Lipinski definition) is 2. The largest absolute Gasteiger partial charge is 0.378 e. The zero-order chi connectivity index (χ0) is 14.8. The molecule has 1 rings (SSSR count). The summed E-state index contributed by atoms with van der Waals surface area (Å²) in [6.45, 7) is 4.10. The van der Waals surface area contributed by atoms with E-state index in [9.17, 15) is 9.59 Å². The first kappa shape index (κ1) is 15.7. The van der Waals surface area contributed by atoms with Crippen molar-refractivity contribution in [3.05, 3.63) is 11.8 Å². The molecule has 0 spiro atoms. The summed E-state index contributed by atoms with van der Waals surface area (Å²) in [4.78, 5) is 24.4. The minimum Gasteiger partial charge on any atom is -0.378 e. The Bertz CT molecular complexity index is 446. The minimum absolute atomic E-state index is 0.0276. The smallest absolute Gasteiger partial charge is 0.268 e. The Kier molecular flexibility index (Phi) is 6.78. The number of hydrogen-bond acceptors (Lipinski definition) is 6. The van der Waals surface area contributed by atoms with Crippen molar-refractivity contribution in [1.29, 1.82) is 5.26 Å². The number of rotatable bonds is 5. The van der Waals surface area contributed by atoms with Gasteiger partial charge in [-0.2, -0.15) is 10.4 Å². The van der Waals surface area contributed by atoms with E-state index in [2.05, 4.69) is 15.8 Å². The van der Waals surface area contributed by atoms with Crippen molar-refractivity contribution < 1.29 is 14.3 Å². The lowest BCUT2D eigenvalue weighted by atomic mass is 10.3. The molecule has 1 heterocycles. The molecule has 0 bridgehead atoms. The number of nitrogens with zero attached hydrogens (tertiary/aromatic N) is 3. The third-order valence-corrected chi connectivity index (χ3v) is 2.49. The van der Waals surface area contributed by atoms with Crippen LogP contribution in [0.25, 0.3) is 0 Å². The van der Waals surface area contributed by atoms with Crippen LogP contribution in [-0.4, -0.2) is 49.4 Å². The number of ether oxygens (including phenoxy) is 1.